The summed E-state index contributed by atoms with van der Waals surface area (Å²) >= 11 is 0. The van der Waals surface area contributed by atoms with E-state index < -0.39 is 17.9 Å². The molecule has 0 aliphatic heterocycles. The lowest BCUT2D eigenvalue weighted by atomic mass is 10.2. The number of carbonyl (C=O) groups excluding carboxylic acids is 2. The summed E-state index contributed by atoms with van der Waals surface area (Å²) in [7, 11) is 0. The number of amides is 2. The number of rotatable bonds is 11. The smallest absolute Gasteiger partial charge is 0.279 e. The molecule has 2 aromatic carbocycles. The number of unbranched alkanes of at least 4 members (excludes halogenated alkanes) is 3. The molecule has 30 heavy (non-hydrogen) atoms. The van der Waals surface area contributed by atoms with E-state index in [0.29, 0.717) is 24.3 Å². The average Bonchev–Trinajstić information content (AvgIpc) is 2.77. The molecule has 6 nitrogen and oxygen atoms in total. The fourth-order valence-corrected chi connectivity index (χ4v) is 2.80. The van der Waals surface area contributed by atoms with Gasteiger partial charge in [-0.25, -0.2) is 0 Å². The van der Waals surface area contributed by atoms with Gasteiger partial charge in [0, 0.05) is 5.56 Å². The number of hydrogen-bond donors (Lipinski definition) is 2. The molecule has 1 atom stereocenters. The Labute approximate surface area is 178 Å². The molecule has 1 unspecified atom stereocenters. The van der Waals surface area contributed by atoms with Gasteiger partial charge in [-0.3, -0.25) is 20.4 Å². The van der Waals surface area contributed by atoms with Crippen LogP contribution in [0.1, 0.15) is 61.9 Å². The topological polar surface area (TPSA) is 76.7 Å². The second-order valence-electron chi connectivity index (χ2n) is 7.20. The van der Waals surface area contributed by atoms with Crippen LogP contribution in [0.15, 0.2) is 48.5 Å². The Kier molecular flexibility index (Phi) is 9.71. The van der Waals surface area contributed by atoms with Gasteiger partial charge in [-0.05, 0) is 56.2 Å². The van der Waals surface area contributed by atoms with Crippen molar-refractivity contribution in [1.29, 1.82) is 0 Å². The van der Waals surface area contributed by atoms with E-state index in [0.717, 1.165) is 24.2 Å². The predicted octanol–water partition coefficient (Wildman–Crippen LogP) is 4.57. The van der Waals surface area contributed by atoms with Gasteiger partial charge in [0.1, 0.15) is 11.5 Å². The Hall–Kier alpha value is -3.02. The Balaban J connectivity index is 1.79. The van der Waals surface area contributed by atoms with Crippen molar-refractivity contribution in [1.82, 2.24) is 10.9 Å². The van der Waals surface area contributed by atoms with Crippen LogP contribution in [0.2, 0.25) is 0 Å². The third-order valence-electron chi connectivity index (χ3n) is 4.64. The van der Waals surface area contributed by atoms with Crippen molar-refractivity contribution < 1.29 is 19.1 Å². The van der Waals surface area contributed by atoms with Gasteiger partial charge >= 0.3 is 0 Å². The maximum atomic E-state index is 12.4. The highest BCUT2D eigenvalue weighted by Crippen LogP contribution is 2.15. The van der Waals surface area contributed by atoms with E-state index in [1.807, 2.05) is 38.1 Å². The molecule has 0 saturated carbocycles. The van der Waals surface area contributed by atoms with E-state index in [2.05, 4.69) is 17.8 Å². The van der Waals surface area contributed by atoms with E-state index in [4.69, 9.17) is 9.47 Å². The summed E-state index contributed by atoms with van der Waals surface area (Å²) in [4.78, 5) is 24.6. The van der Waals surface area contributed by atoms with E-state index in [1.165, 1.54) is 12.8 Å². The summed E-state index contributed by atoms with van der Waals surface area (Å²) in [5, 5.41) is 0. The summed E-state index contributed by atoms with van der Waals surface area (Å²) in [6, 6.07) is 14.3. The van der Waals surface area contributed by atoms with E-state index in [-0.39, 0.29) is 0 Å². The SMILES string of the molecule is CCCCCCOc1ccc(C(=O)NNC(=O)C(CC)Oc2ccc(C)cc2)cc1. The number of hydrogen-bond acceptors (Lipinski definition) is 4. The van der Waals surface area contributed by atoms with Crippen molar-refractivity contribution in [3.8, 4) is 11.5 Å². The fraction of sp³-hybridized carbons (Fsp3) is 0.417. The van der Waals surface area contributed by atoms with Crippen LogP contribution < -0.4 is 20.3 Å². The van der Waals surface area contributed by atoms with Crippen molar-refractivity contribution in [3.63, 3.8) is 0 Å². The van der Waals surface area contributed by atoms with Crippen LogP contribution in [0.4, 0.5) is 0 Å². The van der Waals surface area contributed by atoms with Crippen LogP contribution in [0, 0.1) is 6.92 Å². The van der Waals surface area contributed by atoms with Gasteiger partial charge in [0.2, 0.25) is 0 Å². The number of carbonyl (C=O) groups is 2. The molecule has 0 saturated heterocycles. The third kappa shape index (κ3) is 7.78. The standard InChI is InChI=1S/C24H32N2O4/c1-4-6-7-8-17-29-20-15-11-19(12-16-20)23(27)25-26-24(28)22(5-2)30-21-13-9-18(3)10-14-21/h9-16,22H,4-8,17H2,1-3H3,(H,25,27)(H,26,28). The van der Waals surface area contributed by atoms with Crippen molar-refractivity contribution >= 4 is 11.8 Å². The summed E-state index contributed by atoms with van der Waals surface area (Å²) in [5.74, 6) is 0.533. The van der Waals surface area contributed by atoms with Crippen molar-refractivity contribution in [3.05, 3.63) is 59.7 Å². The molecule has 0 heterocycles. The molecule has 0 fully saturated rings. The highest BCUT2D eigenvalue weighted by Gasteiger charge is 2.19. The quantitative estimate of drug-likeness (QED) is 0.419. The molecule has 0 aliphatic rings. The van der Waals surface area contributed by atoms with E-state index in [9.17, 15) is 9.59 Å². The van der Waals surface area contributed by atoms with Gasteiger partial charge < -0.3 is 9.47 Å². The zero-order chi connectivity index (χ0) is 21.8. The first kappa shape index (κ1) is 23.3. The number of hydrazine groups is 1. The molecule has 0 spiro atoms. The molecule has 162 valence electrons. The largest absolute Gasteiger partial charge is 0.494 e. The lowest BCUT2D eigenvalue weighted by Crippen LogP contribution is -2.47. The zero-order valence-electron chi connectivity index (χ0n) is 18.1. The molecular weight excluding hydrogens is 380 g/mol. The molecule has 0 radical (unpaired) electrons. The second kappa shape index (κ2) is 12.5. The van der Waals surface area contributed by atoms with Crippen LogP contribution in [-0.4, -0.2) is 24.5 Å². The normalized spacial score (nSPS) is 11.4. The number of ether oxygens (including phenoxy) is 2. The predicted molar refractivity (Wildman–Crippen MR) is 118 cm³/mol. The minimum atomic E-state index is -0.698. The van der Waals surface area contributed by atoms with Crippen LogP contribution in [0.25, 0.3) is 0 Å². The lowest BCUT2D eigenvalue weighted by molar-refractivity contribution is -0.128. The Bertz CT molecular complexity index is 788. The molecule has 2 amide bonds. The third-order valence-corrected chi connectivity index (χ3v) is 4.64. The maximum Gasteiger partial charge on any atom is 0.279 e. The first-order valence-electron chi connectivity index (χ1n) is 10.6. The fourth-order valence-electron chi connectivity index (χ4n) is 2.80. The first-order chi connectivity index (χ1) is 14.5. The van der Waals surface area contributed by atoms with Gasteiger partial charge in [-0.1, -0.05) is 50.8 Å². The monoisotopic (exact) mass is 412 g/mol. The summed E-state index contributed by atoms with van der Waals surface area (Å²) in [6.07, 6.45) is 4.35. The molecule has 2 aromatic rings. The molecule has 2 N–H and O–H groups in total. The summed E-state index contributed by atoms with van der Waals surface area (Å²) in [5.41, 5.74) is 6.41. The number of benzene rings is 2. The molecule has 6 heteroatoms. The minimum Gasteiger partial charge on any atom is -0.494 e. The van der Waals surface area contributed by atoms with Crippen LogP contribution in [0.5, 0.6) is 11.5 Å². The Morgan fingerprint density at radius 2 is 1.53 bits per heavy atom. The van der Waals surface area contributed by atoms with Crippen LogP contribution >= 0.6 is 0 Å². The van der Waals surface area contributed by atoms with Gasteiger partial charge in [0.25, 0.3) is 11.8 Å². The number of nitrogens with one attached hydrogen (secondary N) is 2. The molecule has 0 bridgehead atoms. The number of aryl methyl sites for hydroxylation is 1. The van der Waals surface area contributed by atoms with Crippen molar-refractivity contribution in [2.75, 3.05) is 6.61 Å². The molecule has 2 rings (SSSR count). The van der Waals surface area contributed by atoms with Crippen LogP contribution in [-0.2, 0) is 4.79 Å². The molecular formula is C24H32N2O4. The zero-order valence-corrected chi connectivity index (χ0v) is 18.1. The van der Waals surface area contributed by atoms with E-state index >= 15 is 0 Å². The van der Waals surface area contributed by atoms with Crippen molar-refractivity contribution in [2.45, 2.75) is 59.0 Å². The summed E-state index contributed by atoms with van der Waals surface area (Å²) < 4.78 is 11.4. The van der Waals surface area contributed by atoms with Gasteiger partial charge in [-0.15, -0.1) is 0 Å². The van der Waals surface area contributed by atoms with Crippen LogP contribution in [0.3, 0.4) is 0 Å². The highest BCUT2D eigenvalue weighted by molar-refractivity contribution is 5.95. The van der Waals surface area contributed by atoms with E-state index in [1.54, 1.807) is 24.3 Å². The highest BCUT2D eigenvalue weighted by atomic mass is 16.5. The van der Waals surface area contributed by atoms with Gasteiger partial charge in [-0.2, -0.15) is 0 Å². The molecule has 0 aliphatic carbocycles. The second-order valence-corrected chi connectivity index (χ2v) is 7.20. The maximum absolute atomic E-state index is 12.4. The first-order valence-corrected chi connectivity index (χ1v) is 10.6. The van der Waals surface area contributed by atoms with Gasteiger partial charge in [0.15, 0.2) is 6.10 Å². The summed E-state index contributed by atoms with van der Waals surface area (Å²) in [6.45, 7) is 6.67. The average molecular weight is 413 g/mol. The van der Waals surface area contributed by atoms with Crippen molar-refractivity contribution in [2.24, 2.45) is 0 Å². The Morgan fingerprint density at radius 3 is 2.17 bits per heavy atom. The minimum absolute atomic E-state index is 0.400. The Morgan fingerprint density at radius 1 is 0.867 bits per heavy atom. The van der Waals surface area contributed by atoms with Gasteiger partial charge in [0.05, 0.1) is 6.61 Å². The molecule has 0 aromatic heterocycles. The lowest BCUT2D eigenvalue weighted by Gasteiger charge is -2.17.